The second kappa shape index (κ2) is 4.67. The zero-order valence-corrected chi connectivity index (χ0v) is 8.98. The molecule has 0 radical (unpaired) electrons. The summed E-state index contributed by atoms with van der Waals surface area (Å²) in [7, 11) is 0. The molecule has 0 aliphatic carbocycles. The minimum atomic E-state index is -0.414. The van der Waals surface area contributed by atoms with Crippen LogP contribution in [0.15, 0.2) is 24.3 Å². The van der Waals surface area contributed by atoms with Gasteiger partial charge >= 0.3 is 0 Å². The summed E-state index contributed by atoms with van der Waals surface area (Å²) in [6, 6.07) is 7.74. The molecule has 1 atom stereocenters. The molecule has 0 saturated carbocycles. The first-order valence-electron chi connectivity index (χ1n) is 3.75. The quantitative estimate of drug-likeness (QED) is 0.857. The van der Waals surface area contributed by atoms with Crippen molar-refractivity contribution in [1.29, 1.82) is 0 Å². The Hall–Kier alpha value is -0.290. The zero-order valence-electron chi connectivity index (χ0n) is 6.83. The molecule has 0 aliphatic heterocycles. The number of hydrogen-bond acceptors (Lipinski definition) is 2. The topological polar surface area (TPSA) is 29.5 Å². The van der Waals surface area contributed by atoms with Gasteiger partial charge < -0.3 is 9.84 Å². The van der Waals surface area contributed by atoms with Crippen molar-refractivity contribution in [2.75, 3.05) is 6.61 Å². The van der Waals surface area contributed by atoms with E-state index in [2.05, 4.69) is 22.6 Å². The molecule has 1 rings (SSSR count). The van der Waals surface area contributed by atoms with E-state index >= 15 is 0 Å². The molecule has 1 N–H and O–H groups in total. The van der Waals surface area contributed by atoms with Gasteiger partial charge in [-0.2, -0.15) is 0 Å². The lowest BCUT2D eigenvalue weighted by atomic mass is 10.3. The van der Waals surface area contributed by atoms with Crippen molar-refractivity contribution in [1.82, 2.24) is 0 Å². The molecule has 0 aliphatic rings. The van der Waals surface area contributed by atoms with Crippen molar-refractivity contribution in [3.63, 3.8) is 0 Å². The highest BCUT2D eigenvalue weighted by atomic mass is 127. The van der Waals surface area contributed by atoms with Gasteiger partial charge in [0.25, 0.3) is 0 Å². The van der Waals surface area contributed by atoms with E-state index in [9.17, 15) is 0 Å². The third-order valence-electron chi connectivity index (χ3n) is 1.29. The van der Waals surface area contributed by atoms with Crippen LogP contribution < -0.4 is 4.74 Å². The fourth-order valence-electron chi connectivity index (χ4n) is 0.774. The molecule has 0 spiro atoms. The van der Waals surface area contributed by atoms with Crippen molar-refractivity contribution in [2.45, 2.75) is 13.0 Å². The molecule has 0 aromatic heterocycles. The molecule has 0 bridgehead atoms. The molecule has 1 aromatic rings. The van der Waals surface area contributed by atoms with Crippen molar-refractivity contribution in [2.24, 2.45) is 0 Å². The van der Waals surface area contributed by atoms with Gasteiger partial charge in [-0.3, -0.25) is 0 Å². The summed E-state index contributed by atoms with van der Waals surface area (Å²) >= 11 is 2.22. The van der Waals surface area contributed by atoms with Crippen molar-refractivity contribution in [3.05, 3.63) is 27.8 Å². The molecule has 1 aromatic carbocycles. The van der Waals surface area contributed by atoms with E-state index in [0.717, 1.165) is 9.32 Å². The largest absolute Gasteiger partial charge is 0.491 e. The monoisotopic (exact) mass is 278 g/mol. The molecule has 0 fully saturated rings. The molecule has 0 heterocycles. The summed E-state index contributed by atoms with van der Waals surface area (Å²) in [4.78, 5) is 0. The number of rotatable bonds is 3. The van der Waals surface area contributed by atoms with Crippen LogP contribution in [-0.2, 0) is 0 Å². The van der Waals surface area contributed by atoms with Gasteiger partial charge in [0.1, 0.15) is 12.4 Å². The predicted molar refractivity (Wildman–Crippen MR) is 56.3 cm³/mol. The Labute approximate surface area is 85.7 Å². The molecule has 12 heavy (non-hydrogen) atoms. The van der Waals surface area contributed by atoms with Crippen LogP contribution >= 0.6 is 22.6 Å². The Morgan fingerprint density at radius 2 is 2.33 bits per heavy atom. The van der Waals surface area contributed by atoms with Crippen LogP contribution in [0.3, 0.4) is 0 Å². The van der Waals surface area contributed by atoms with Crippen LogP contribution in [0.4, 0.5) is 0 Å². The van der Waals surface area contributed by atoms with E-state index in [1.807, 2.05) is 24.3 Å². The molecule has 0 amide bonds. The van der Waals surface area contributed by atoms with Crippen LogP contribution in [0.1, 0.15) is 6.92 Å². The molecule has 2 nitrogen and oxygen atoms in total. The Balaban J connectivity index is 2.52. The van der Waals surface area contributed by atoms with Crippen LogP contribution in [0.2, 0.25) is 0 Å². The van der Waals surface area contributed by atoms with E-state index in [1.165, 1.54) is 0 Å². The van der Waals surface area contributed by atoms with Crippen LogP contribution in [0, 0.1) is 3.57 Å². The van der Waals surface area contributed by atoms with Gasteiger partial charge in [-0.1, -0.05) is 6.07 Å². The predicted octanol–water partition coefficient (Wildman–Crippen LogP) is 2.05. The molecule has 0 saturated heterocycles. The number of hydrogen-bond donors (Lipinski definition) is 1. The first-order chi connectivity index (χ1) is 5.68. The second-order valence-electron chi connectivity index (χ2n) is 2.62. The lowest BCUT2D eigenvalue weighted by Gasteiger charge is -2.07. The summed E-state index contributed by atoms with van der Waals surface area (Å²) in [5.74, 6) is 0.808. The van der Waals surface area contributed by atoms with Crippen molar-refractivity contribution >= 4 is 22.6 Å². The van der Waals surface area contributed by atoms with E-state index in [4.69, 9.17) is 9.84 Å². The Bertz CT molecular complexity index is 248. The van der Waals surface area contributed by atoms with Gasteiger partial charge in [0.15, 0.2) is 0 Å². The van der Waals surface area contributed by atoms with Gasteiger partial charge in [0, 0.05) is 3.57 Å². The summed E-state index contributed by atoms with van der Waals surface area (Å²) in [5.41, 5.74) is 0. The average molecular weight is 278 g/mol. The number of halogens is 1. The third kappa shape index (κ3) is 3.40. The van der Waals surface area contributed by atoms with Gasteiger partial charge in [-0.15, -0.1) is 0 Å². The van der Waals surface area contributed by atoms with Gasteiger partial charge in [-0.05, 0) is 47.7 Å². The molecule has 66 valence electrons. The standard InChI is InChI=1S/C9H11IO2/c1-7(11)6-12-9-4-2-3-8(10)5-9/h2-5,7,11H,6H2,1H3. The summed E-state index contributed by atoms with van der Waals surface area (Å²) in [6.45, 7) is 2.05. The second-order valence-corrected chi connectivity index (χ2v) is 3.86. The van der Waals surface area contributed by atoms with Gasteiger partial charge in [0.05, 0.1) is 6.10 Å². The van der Waals surface area contributed by atoms with E-state index in [-0.39, 0.29) is 0 Å². The van der Waals surface area contributed by atoms with E-state index in [0.29, 0.717) is 6.61 Å². The van der Waals surface area contributed by atoms with Gasteiger partial charge in [-0.25, -0.2) is 0 Å². The SMILES string of the molecule is CC(O)COc1cccc(I)c1. The minimum absolute atomic E-state index is 0.347. The normalized spacial score (nSPS) is 12.6. The highest BCUT2D eigenvalue weighted by Gasteiger charge is 1.97. The highest BCUT2D eigenvalue weighted by molar-refractivity contribution is 14.1. The Kier molecular flexibility index (Phi) is 3.81. The average Bonchev–Trinajstić information content (AvgIpc) is 2.01. The number of aliphatic hydroxyl groups is 1. The third-order valence-corrected chi connectivity index (χ3v) is 1.96. The van der Waals surface area contributed by atoms with Crippen molar-refractivity contribution < 1.29 is 9.84 Å². The fourth-order valence-corrected chi connectivity index (χ4v) is 1.29. The maximum absolute atomic E-state index is 8.96. The number of benzene rings is 1. The van der Waals surface area contributed by atoms with E-state index < -0.39 is 6.10 Å². The highest BCUT2D eigenvalue weighted by Crippen LogP contribution is 2.14. The molecular formula is C9H11IO2. The number of aliphatic hydroxyl groups excluding tert-OH is 1. The fraction of sp³-hybridized carbons (Fsp3) is 0.333. The molecule has 3 heteroatoms. The minimum Gasteiger partial charge on any atom is -0.491 e. The van der Waals surface area contributed by atoms with E-state index in [1.54, 1.807) is 6.92 Å². The smallest absolute Gasteiger partial charge is 0.120 e. The maximum Gasteiger partial charge on any atom is 0.120 e. The summed E-state index contributed by atoms with van der Waals surface area (Å²) < 4.78 is 6.43. The number of ether oxygens (including phenoxy) is 1. The van der Waals surface area contributed by atoms with Crippen LogP contribution in [0.25, 0.3) is 0 Å². The van der Waals surface area contributed by atoms with Crippen LogP contribution in [-0.4, -0.2) is 17.8 Å². The van der Waals surface area contributed by atoms with Gasteiger partial charge in [0.2, 0.25) is 0 Å². The zero-order chi connectivity index (χ0) is 8.97. The Morgan fingerprint density at radius 1 is 1.58 bits per heavy atom. The lowest BCUT2D eigenvalue weighted by Crippen LogP contribution is -2.12. The summed E-state index contributed by atoms with van der Waals surface area (Å²) in [6.07, 6.45) is -0.414. The first-order valence-corrected chi connectivity index (χ1v) is 4.83. The lowest BCUT2D eigenvalue weighted by molar-refractivity contribution is 0.122. The maximum atomic E-state index is 8.96. The van der Waals surface area contributed by atoms with Crippen molar-refractivity contribution in [3.8, 4) is 5.75 Å². The summed E-state index contributed by atoms with van der Waals surface area (Å²) in [5, 5.41) is 8.96. The Morgan fingerprint density at radius 3 is 2.92 bits per heavy atom. The first kappa shape index (κ1) is 9.80. The van der Waals surface area contributed by atoms with Crippen LogP contribution in [0.5, 0.6) is 5.75 Å². The molecular weight excluding hydrogens is 267 g/mol. The molecule has 1 unspecified atom stereocenters.